The second-order valence-electron chi connectivity index (χ2n) is 8.52. The molecule has 1 atom stereocenters. The molecule has 1 aliphatic heterocycles. The van der Waals surface area contributed by atoms with E-state index < -0.39 is 14.3 Å². The number of urea groups is 1. The van der Waals surface area contributed by atoms with Gasteiger partial charge in [-0.3, -0.25) is 5.21 Å². The predicted octanol–water partition coefficient (Wildman–Crippen LogP) is 3.43. The fourth-order valence-corrected chi connectivity index (χ4v) is 3.70. The van der Waals surface area contributed by atoms with E-state index in [0.29, 0.717) is 25.4 Å². The van der Waals surface area contributed by atoms with Gasteiger partial charge in [0.05, 0.1) is 18.3 Å². The van der Waals surface area contributed by atoms with Gasteiger partial charge in [-0.15, -0.1) is 0 Å². The molecule has 0 aromatic carbocycles. The van der Waals surface area contributed by atoms with Crippen LogP contribution < -0.4 is 0 Å². The van der Waals surface area contributed by atoms with Gasteiger partial charge in [0.1, 0.15) is 0 Å². The van der Waals surface area contributed by atoms with E-state index in [9.17, 15) is 10.0 Å². The molecule has 8 heteroatoms. The van der Waals surface area contributed by atoms with Gasteiger partial charge in [0.15, 0.2) is 8.32 Å². The zero-order valence-electron chi connectivity index (χ0n) is 16.8. The van der Waals surface area contributed by atoms with E-state index in [1.54, 1.807) is 22.7 Å². The third-order valence-electron chi connectivity index (χ3n) is 5.39. The number of amides is 2. The Balaban J connectivity index is 1.96. The SMILES string of the molecule is C=C(CN1CC(C)N(O)C1=O)n1nccc1CCO[Si](C)(C)C(C)(C)C. The van der Waals surface area contributed by atoms with Crippen molar-refractivity contribution < 1.29 is 14.4 Å². The fourth-order valence-electron chi connectivity index (χ4n) is 2.66. The first-order valence-corrected chi connectivity index (χ1v) is 12.0. The lowest BCUT2D eigenvalue weighted by molar-refractivity contribution is -0.0531. The summed E-state index contributed by atoms with van der Waals surface area (Å²) in [6.45, 7) is 18.5. The van der Waals surface area contributed by atoms with Gasteiger partial charge in [-0.1, -0.05) is 27.4 Å². The fraction of sp³-hybridized carbons (Fsp3) is 0.667. The van der Waals surface area contributed by atoms with Crippen LogP contribution in [0.5, 0.6) is 0 Å². The van der Waals surface area contributed by atoms with Crippen LogP contribution in [0.15, 0.2) is 18.8 Å². The lowest BCUT2D eigenvalue weighted by atomic mass is 10.2. The third-order valence-corrected chi connectivity index (χ3v) is 9.93. The number of nitrogens with zero attached hydrogens (tertiary/aromatic N) is 4. The summed E-state index contributed by atoms with van der Waals surface area (Å²) in [6, 6.07) is 1.34. The maximum Gasteiger partial charge on any atom is 0.344 e. The topological polar surface area (TPSA) is 70.8 Å². The molecule has 146 valence electrons. The van der Waals surface area contributed by atoms with Gasteiger partial charge in [0, 0.05) is 31.5 Å². The molecule has 0 radical (unpaired) electrons. The van der Waals surface area contributed by atoms with Gasteiger partial charge in [-0.05, 0) is 31.1 Å². The van der Waals surface area contributed by atoms with Crippen LogP contribution >= 0.6 is 0 Å². The van der Waals surface area contributed by atoms with E-state index in [0.717, 1.165) is 17.2 Å². The molecule has 1 fully saturated rings. The van der Waals surface area contributed by atoms with E-state index >= 15 is 0 Å². The van der Waals surface area contributed by atoms with Crippen molar-refractivity contribution in [2.24, 2.45) is 0 Å². The standard InChI is InChI=1S/C18H32N4O3Si/c1-14(12-20-13-15(2)22(24)17(20)23)21-16(8-10-19-21)9-11-25-26(6,7)18(3,4)5/h8,10,15,24H,1,9,11-13H2,2-7H3. The molecule has 0 bridgehead atoms. The summed E-state index contributed by atoms with van der Waals surface area (Å²) in [5, 5.41) is 15.0. The van der Waals surface area contributed by atoms with Gasteiger partial charge in [0.25, 0.3) is 0 Å². The summed E-state index contributed by atoms with van der Waals surface area (Å²) in [4.78, 5) is 13.6. The minimum atomic E-state index is -1.78. The Morgan fingerprint density at radius 1 is 1.46 bits per heavy atom. The van der Waals surface area contributed by atoms with Crippen LogP contribution in [0.3, 0.4) is 0 Å². The molecule has 1 unspecified atom stereocenters. The van der Waals surface area contributed by atoms with Crippen LogP contribution in [0.2, 0.25) is 18.1 Å². The summed E-state index contributed by atoms with van der Waals surface area (Å²) in [5.74, 6) is 0. The number of hydroxylamine groups is 2. The molecule has 2 rings (SSSR count). The number of carbonyl (C=O) groups excluding carboxylic acids is 1. The number of hydrogen-bond donors (Lipinski definition) is 1. The molecule has 0 spiro atoms. The first kappa shape index (κ1) is 20.7. The Hall–Kier alpha value is -1.64. The second-order valence-corrected chi connectivity index (χ2v) is 13.3. The smallest absolute Gasteiger partial charge is 0.344 e. The first-order valence-electron chi connectivity index (χ1n) is 9.06. The van der Waals surface area contributed by atoms with Crippen LogP contribution in [0.1, 0.15) is 33.4 Å². The average Bonchev–Trinajstić information content (AvgIpc) is 3.07. The molecule has 0 aliphatic carbocycles. The summed E-state index contributed by atoms with van der Waals surface area (Å²) in [7, 11) is -1.78. The Labute approximate surface area is 157 Å². The van der Waals surface area contributed by atoms with Crippen molar-refractivity contribution in [2.75, 3.05) is 19.7 Å². The van der Waals surface area contributed by atoms with Crippen molar-refractivity contribution in [1.29, 1.82) is 0 Å². The number of hydrogen-bond acceptors (Lipinski definition) is 4. The Kier molecular flexibility index (Phi) is 5.99. The first-order chi connectivity index (χ1) is 11.9. The lowest BCUT2D eigenvalue weighted by Crippen LogP contribution is -2.41. The zero-order chi connectivity index (χ0) is 19.7. The molecule has 2 amide bonds. The summed E-state index contributed by atoms with van der Waals surface area (Å²) < 4.78 is 8.02. The predicted molar refractivity (Wildman–Crippen MR) is 104 cm³/mol. The second kappa shape index (κ2) is 7.54. The van der Waals surface area contributed by atoms with Crippen LogP contribution in [-0.4, -0.2) is 65.0 Å². The average molecular weight is 381 g/mol. The van der Waals surface area contributed by atoms with E-state index in [-0.39, 0.29) is 11.1 Å². The number of carbonyl (C=O) groups is 1. The van der Waals surface area contributed by atoms with Gasteiger partial charge < -0.3 is 9.33 Å². The van der Waals surface area contributed by atoms with Gasteiger partial charge in [0.2, 0.25) is 0 Å². The quantitative estimate of drug-likeness (QED) is 0.581. The molecular formula is C18H32N4O3Si. The monoisotopic (exact) mass is 380 g/mol. The van der Waals surface area contributed by atoms with Crippen molar-refractivity contribution in [3.8, 4) is 0 Å². The number of aromatic nitrogens is 2. The van der Waals surface area contributed by atoms with E-state index in [1.165, 1.54) is 0 Å². The molecule has 26 heavy (non-hydrogen) atoms. The molecular weight excluding hydrogens is 348 g/mol. The minimum absolute atomic E-state index is 0.180. The van der Waals surface area contributed by atoms with Crippen molar-refractivity contribution in [2.45, 2.75) is 58.3 Å². The maximum atomic E-state index is 12.0. The zero-order valence-corrected chi connectivity index (χ0v) is 17.8. The van der Waals surface area contributed by atoms with Gasteiger partial charge >= 0.3 is 6.03 Å². The van der Waals surface area contributed by atoms with Crippen molar-refractivity contribution >= 4 is 20.0 Å². The van der Waals surface area contributed by atoms with Crippen LogP contribution in [-0.2, 0) is 10.8 Å². The summed E-state index contributed by atoms with van der Waals surface area (Å²) in [5.41, 5.74) is 1.71. The highest BCUT2D eigenvalue weighted by molar-refractivity contribution is 6.74. The maximum absolute atomic E-state index is 12.0. The Morgan fingerprint density at radius 3 is 2.65 bits per heavy atom. The molecule has 1 saturated heterocycles. The highest BCUT2D eigenvalue weighted by atomic mass is 28.4. The summed E-state index contributed by atoms with van der Waals surface area (Å²) >= 11 is 0. The van der Waals surface area contributed by atoms with Gasteiger partial charge in [-0.2, -0.15) is 5.10 Å². The molecule has 1 aromatic heterocycles. The Bertz CT molecular complexity index is 666. The highest BCUT2D eigenvalue weighted by Gasteiger charge is 2.37. The number of rotatable bonds is 7. The lowest BCUT2D eigenvalue weighted by Gasteiger charge is -2.36. The Morgan fingerprint density at radius 2 is 2.12 bits per heavy atom. The molecule has 0 saturated carbocycles. The molecule has 7 nitrogen and oxygen atoms in total. The molecule has 1 aromatic rings. The molecule has 2 heterocycles. The highest BCUT2D eigenvalue weighted by Crippen LogP contribution is 2.36. The van der Waals surface area contributed by atoms with Crippen LogP contribution in [0.25, 0.3) is 5.70 Å². The summed E-state index contributed by atoms with van der Waals surface area (Å²) in [6.07, 6.45) is 2.47. The molecule has 1 aliphatic rings. The van der Waals surface area contributed by atoms with Crippen molar-refractivity contribution in [3.05, 3.63) is 24.5 Å². The van der Waals surface area contributed by atoms with E-state index in [4.69, 9.17) is 4.43 Å². The van der Waals surface area contributed by atoms with E-state index in [2.05, 4.69) is 45.5 Å². The van der Waals surface area contributed by atoms with Gasteiger partial charge in [-0.25, -0.2) is 14.5 Å². The largest absolute Gasteiger partial charge is 0.416 e. The van der Waals surface area contributed by atoms with Crippen molar-refractivity contribution in [1.82, 2.24) is 19.7 Å². The molecule has 1 N–H and O–H groups in total. The van der Waals surface area contributed by atoms with Crippen LogP contribution in [0, 0.1) is 0 Å². The minimum Gasteiger partial charge on any atom is -0.416 e. The third kappa shape index (κ3) is 4.36. The normalized spacial score (nSPS) is 18.7. The van der Waals surface area contributed by atoms with Crippen LogP contribution in [0.4, 0.5) is 4.79 Å². The van der Waals surface area contributed by atoms with E-state index in [1.807, 2.05) is 6.07 Å². The van der Waals surface area contributed by atoms with Crippen molar-refractivity contribution in [3.63, 3.8) is 0 Å².